The number of thiophene rings is 1. The number of amides is 1. The van der Waals surface area contributed by atoms with Crippen molar-refractivity contribution in [3.8, 4) is 5.88 Å². The number of halogens is 3. The van der Waals surface area contributed by atoms with E-state index in [9.17, 15) is 18.0 Å². The Hall–Kier alpha value is -2.79. The summed E-state index contributed by atoms with van der Waals surface area (Å²) >= 11 is 1.33. The quantitative estimate of drug-likeness (QED) is 0.506. The van der Waals surface area contributed by atoms with E-state index in [2.05, 4.69) is 15.0 Å². The summed E-state index contributed by atoms with van der Waals surface area (Å²) in [7, 11) is 3.28. The third-order valence-electron chi connectivity index (χ3n) is 6.10. The average molecular weight is 494 g/mol. The van der Waals surface area contributed by atoms with E-state index < -0.39 is 12.7 Å². The second kappa shape index (κ2) is 9.83. The first-order chi connectivity index (χ1) is 16.2. The largest absolute Gasteiger partial charge is 0.481 e. The molecule has 1 aliphatic rings. The average Bonchev–Trinajstić information content (AvgIpc) is 3.14. The summed E-state index contributed by atoms with van der Waals surface area (Å²) in [6.45, 7) is 2.12. The number of carbonyl (C=O) groups is 1. The normalized spacial score (nSPS) is 15.6. The predicted molar refractivity (Wildman–Crippen MR) is 123 cm³/mol. The topological polar surface area (TPSA) is 71.5 Å². The minimum Gasteiger partial charge on any atom is -0.481 e. The Morgan fingerprint density at radius 2 is 2.00 bits per heavy atom. The van der Waals surface area contributed by atoms with Crippen LogP contribution in [0.1, 0.15) is 45.3 Å². The molecule has 0 radical (unpaired) electrons. The number of aryl methyl sites for hydroxylation is 1. The Labute approximate surface area is 199 Å². The lowest BCUT2D eigenvalue weighted by Gasteiger charge is -2.32. The van der Waals surface area contributed by atoms with E-state index in [1.165, 1.54) is 22.6 Å². The lowest BCUT2D eigenvalue weighted by molar-refractivity contribution is -0.147. The summed E-state index contributed by atoms with van der Waals surface area (Å²) in [6.07, 6.45) is 0.104. The predicted octanol–water partition coefficient (Wildman–Crippen LogP) is 4.42. The van der Waals surface area contributed by atoms with Crippen LogP contribution in [-0.2, 0) is 6.54 Å². The first kappa shape index (κ1) is 24.3. The van der Waals surface area contributed by atoms with Crippen molar-refractivity contribution in [2.75, 3.05) is 33.8 Å². The Morgan fingerprint density at radius 3 is 2.68 bits per heavy atom. The Bertz CT molecular complexity index is 1180. The summed E-state index contributed by atoms with van der Waals surface area (Å²) in [5, 5.41) is 0.851. The first-order valence-corrected chi connectivity index (χ1v) is 11.8. The van der Waals surface area contributed by atoms with Gasteiger partial charge in [0, 0.05) is 37.2 Å². The highest BCUT2D eigenvalue weighted by Crippen LogP contribution is 2.38. The van der Waals surface area contributed by atoms with Gasteiger partial charge >= 0.3 is 6.18 Å². The van der Waals surface area contributed by atoms with E-state index >= 15 is 0 Å². The maximum absolute atomic E-state index is 13.3. The lowest BCUT2D eigenvalue weighted by Crippen LogP contribution is -2.39. The zero-order valence-electron chi connectivity index (χ0n) is 19.2. The number of aromatic nitrogens is 3. The van der Waals surface area contributed by atoms with E-state index in [0.29, 0.717) is 43.2 Å². The van der Waals surface area contributed by atoms with Crippen molar-refractivity contribution < 1.29 is 22.7 Å². The molecule has 0 unspecified atom stereocenters. The molecule has 182 valence electrons. The molecule has 0 saturated carbocycles. The molecule has 1 aliphatic heterocycles. The van der Waals surface area contributed by atoms with Gasteiger partial charge in [0.25, 0.3) is 5.91 Å². The molecule has 0 aliphatic carbocycles. The van der Waals surface area contributed by atoms with Crippen LogP contribution < -0.4 is 4.74 Å². The van der Waals surface area contributed by atoms with Crippen molar-refractivity contribution in [1.82, 2.24) is 24.8 Å². The van der Waals surface area contributed by atoms with Gasteiger partial charge in [-0.2, -0.15) is 13.2 Å². The number of alkyl halides is 3. The number of pyridine rings is 1. The fraction of sp³-hybridized carbons (Fsp3) is 0.478. The molecular formula is C23H26F3N5O2S. The van der Waals surface area contributed by atoms with E-state index in [1.807, 2.05) is 13.0 Å². The fourth-order valence-corrected chi connectivity index (χ4v) is 5.56. The molecule has 0 aromatic carbocycles. The third-order valence-corrected chi connectivity index (χ3v) is 7.29. The minimum absolute atomic E-state index is 0.0354. The third kappa shape index (κ3) is 5.30. The summed E-state index contributed by atoms with van der Waals surface area (Å²) in [6, 6.07) is 3.62. The van der Waals surface area contributed by atoms with Gasteiger partial charge in [0.15, 0.2) is 0 Å². The maximum atomic E-state index is 13.3. The number of nitrogens with zero attached hydrogens (tertiary/aromatic N) is 5. The molecule has 11 heteroatoms. The fourth-order valence-electron chi connectivity index (χ4n) is 4.41. The maximum Gasteiger partial charge on any atom is 0.401 e. The molecule has 0 N–H and O–H groups in total. The first-order valence-electron chi connectivity index (χ1n) is 10.9. The number of rotatable bonds is 6. The zero-order chi connectivity index (χ0) is 24.5. The van der Waals surface area contributed by atoms with Crippen LogP contribution in [-0.4, -0.2) is 70.6 Å². The van der Waals surface area contributed by atoms with Crippen LogP contribution in [0.3, 0.4) is 0 Å². The number of likely N-dealkylation sites (tertiary alicyclic amines) is 1. The molecule has 4 rings (SSSR count). The monoisotopic (exact) mass is 493 g/mol. The molecule has 0 spiro atoms. The van der Waals surface area contributed by atoms with Crippen LogP contribution in [0.2, 0.25) is 0 Å². The van der Waals surface area contributed by atoms with Gasteiger partial charge in [0.05, 0.1) is 24.2 Å². The van der Waals surface area contributed by atoms with Gasteiger partial charge in [-0.1, -0.05) is 0 Å². The van der Waals surface area contributed by atoms with E-state index in [0.717, 1.165) is 27.0 Å². The highest BCUT2D eigenvalue weighted by molar-refractivity contribution is 7.20. The van der Waals surface area contributed by atoms with Crippen LogP contribution in [0.5, 0.6) is 5.88 Å². The number of ether oxygens (including phenoxy) is 1. The SMILES string of the molecule is COc1cc(CN(C)C(=O)c2sc3ncnc(C4CCN(CC(F)(F)F)CC4)c3c2C)ccn1. The number of piperidine rings is 1. The van der Waals surface area contributed by atoms with Crippen LogP contribution >= 0.6 is 11.3 Å². The Kier molecular flexibility index (Phi) is 7.04. The van der Waals surface area contributed by atoms with Gasteiger partial charge in [-0.15, -0.1) is 11.3 Å². The molecule has 1 fully saturated rings. The molecule has 3 aromatic rings. The molecule has 7 nitrogen and oxygen atoms in total. The zero-order valence-corrected chi connectivity index (χ0v) is 20.0. The molecular weight excluding hydrogens is 467 g/mol. The summed E-state index contributed by atoms with van der Waals surface area (Å²) in [5.74, 6) is 0.396. The number of carbonyl (C=O) groups excluding carboxylic acids is 1. The van der Waals surface area contributed by atoms with E-state index in [1.54, 1.807) is 31.3 Å². The number of fused-ring (bicyclic) bond motifs is 1. The van der Waals surface area contributed by atoms with Crippen LogP contribution in [0.4, 0.5) is 13.2 Å². The van der Waals surface area contributed by atoms with Crippen molar-refractivity contribution in [2.24, 2.45) is 0 Å². The number of hydrogen-bond acceptors (Lipinski definition) is 7. The second-order valence-corrected chi connectivity index (χ2v) is 9.53. The summed E-state index contributed by atoms with van der Waals surface area (Å²) < 4.78 is 43.4. The number of methoxy groups -OCH3 is 1. The second-order valence-electron chi connectivity index (χ2n) is 8.53. The van der Waals surface area contributed by atoms with Crippen molar-refractivity contribution in [1.29, 1.82) is 0 Å². The smallest absolute Gasteiger partial charge is 0.401 e. The van der Waals surface area contributed by atoms with Gasteiger partial charge in [0.2, 0.25) is 5.88 Å². The molecule has 4 heterocycles. The van der Waals surface area contributed by atoms with Gasteiger partial charge in [-0.25, -0.2) is 15.0 Å². The molecule has 1 saturated heterocycles. The molecule has 0 atom stereocenters. The van der Waals surface area contributed by atoms with Gasteiger partial charge in [-0.3, -0.25) is 9.69 Å². The molecule has 1 amide bonds. The van der Waals surface area contributed by atoms with Gasteiger partial charge in [0.1, 0.15) is 11.2 Å². The van der Waals surface area contributed by atoms with Gasteiger partial charge < -0.3 is 9.64 Å². The van der Waals surface area contributed by atoms with Crippen molar-refractivity contribution >= 4 is 27.5 Å². The van der Waals surface area contributed by atoms with Crippen molar-refractivity contribution in [3.05, 3.63) is 46.4 Å². The highest BCUT2D eigenvalue weighted by Gasteiger charge is 2.34. The highest BCUT2D eigenvalue weighted by atomic mass is 32.1. The molecule has 34 heavy (non-hydrogen) atoms. The Balaban J connectivity index is 1.54. The van der Waals surface area contributed by atoms with E-state index in [-0.39, 0.29) is 11.8 Å². The number of hydrogen-bond donors (Lipinski definition) is 0. The van der Waals surface area contributed by atoms with Crippen LogP contribution in [0.25, 0.3) is 10.2 Å². The molecule has 3 aromatic heterocycles. The van der Waals surface area contributed by atoms with Crippen molar-refractivity contribution in [3.63, 3.8) is 0 Å². The summed E-state index contributed by atoms with van der Waals surface area (Å²) in [4.78, 5) is 30.7. The summed E-state index contributed by atoms with van der Waals surface area (Å²) in [5.41, 5.74) is 2.54. The van der Waals surface area contributed by atoms with Crippen LogP contribution in [0, 0.1) is 6.92 Å². The van der Waals surface area contributed by atoms with E-state index in [4.69, 9.17) is 4.74 Å². The van der Waals surface area contributed by atoms with Crippen LogP contribution in [0.15, 0.2) is 24.7 Å². The standard InChI is InChI=1S/C23H26F3N5O2S/c1-14-18-19(16-5-8-31(9-6-16)12-23(24,25)26)28-13-29-21(18)34-20(14)22(32)30(2)11-15-4-7-27-17(10-15)33-3/h4,7,10,13,16H,5-6,8-9,11-12H2,1-3H3. The van der Waals surface area contributed by atoms with Gasteiger partial charge in [-0.05, 0) is 50.0 Å². The minimum atomic E-state index is -4.19. The lowest BCUT2D eigenvalue weighted by atomic mass is 9.90. The molecule has 0 bridgehead atoms. The van der Waals surface area contributed by atoms with Crippen molar-refractivity contribution in [2.45, 2.75) is 38.4 Å². The Morgan fingerprint density at radius 1 is 1.26 bits per heavy atom.